The third-order valence-corrected chi connectivity index (χ3v) is 6.40. The molecule has 176 valence electrons. The molecule has 5 rings (SSSR count). The van der Waals surface area contributed by atoms with Crippen molar-refractivity contribution in [1.29, 1.82) is 0 Å². The van der Waals surface area contributed by atoms with Crippen molar-refractivity contribution in [2.24, 2.45) is 0 Å². The molecule has 0 saturated carbocycles. The summed E-state index contributed by atoms with van der Waals surface area (Å²) in [5, 5.41) is 13.6. The number of furan rings is 1. The van der Waals surface area contributed by atoms with Gasteiger partial charge in [0.05, 0.1) is 24.4 Å². The molecule has 1 saturated heterocycles. The summed E-state index contributed by atoms with van der Waals surface area (Å²) in [6.45, 7) is 0.547. The number of carboxylic acid groups (broad SMARTS) is 1. The Bertz CT molecular complexity index is 1350. The molecule has 3 heterocycles. The number of nitrogens with zero attached hydrogens (tertiary/aromatic N) is 2. The van der Waals surface area contributed by atoms with Gasteiger partial charge in [-0.25, -0.2) is 4.79 Å². The number of nitrogens with one attached hydrogen (secondary N) is 1. The number of hydrogen-bond acceptors (Lipinski definition) is 5. The second kappa shape index (κ2) is 9.60. The van der Waals surface area contributed by atoms with Crippen molar-refractivity contribution in [2.45, 2.75) is 18.6 Å². The summed E-state index contributed by atoms with van der Waals surface area (Å²) >= 11 is 5.74. The average molecular weight is 486 g/mol. The molecule has 8 heteroatoms. The van der Waals surface area contributed by atoms with Crippen molar-refractivity contribution >= 4 is 23.3 Å². The van der Waals surface area contributed by atoms with Gasteiger partial charge < -0.3 is 24.5 Å². The van der Waals surface area contributed by atoms with E-state index in [-0.39, 0.29) is 17.6 Å². The van der Waals surface area contributed by atoms with E-state index in [2.05, 4.69) is 15.2 Å². The van der Waals surface area contributed by atoms with Crippen LogP contribution in [-0.4, -0.2) is 33.2 Å². The summed E-state index contributed by atoms with van der Waals surface area (Å²) in [6, 6.07) is 23.6. The highest BCUT2D eigenvalue weighted by Gasteiger charge is 2.41. The molecular formula is C27H23N3O4S. The molecule has 0 radical (unpaired) electrons. The van der Waals surface area contributed by atoms with Crippen molar-refractivity contribution in [3.63, 3.8) is 0 Å². The van der Waals surface area contributed by atoms with E-state index in [0.29, 0.717) is 28.7 Å². The van der Waals surface area contributed by atoms with Crippen LogP contribution in [0.15, 0.2) is 89.5 Å². The van der Waals surface area contributed by atoms with E-state index in [9.17, 15) is 9.90 Å². The van der Waals surface area contributed by atoms with E-state index in [4.69, 9.17) is 21.4 Å². The molecule has 1 aliphatic rings. The number of carbonyl (C=O) groups is 1. The third kappa shape index (κ3) is 4.48. The van der Waals surface area contributed by atoms with Gasteiger partial charge in [-0.3, -0.25) is 4.98 Å². The van der Waals surface area contributed by atoms with E-state index in [1.54, 1.807) is 43.6 Å². The topological polar surface area (TPSA) is 87.8 Å². The molecule has 35 heavy (non-hydrogen) atoms. The Morgan fingerprint density at radius 1 is 1.09 bits per heavy atom. The summed E-state index contributed by atoms with van der Waals surface area (Å²) < 4.78 is 11.6. The summed E-state index contributed by atoms with van der Waals surface area (Å²) in [5.74, 6) is 0.929. The molecular weight excluding hydrogens is 462 g/mol. The Morgan fingerprint density at radius 3 is 2.57 bits per heavy atom. The smallest absolute Gasteiger partial charge is 0.336 e. The molecule has 0 bridgehead atoms. The molecule has 2 aromatic carbocycles. The first-order valence-corrected chi connectivity index (χ1v) is 11.5. The Hall–Kier alpha value is -4.17. The number of carboxylic acids is 1. The fourth-order valence-corrected chi connectivity index (χ4v) is 4.66. The Kier molecular flexibility index (Phi) is 6.20. The van der Waals surface area contributed by atoms with Gasteiger partial charge in [0.2, 0.25) is 0 Å². The second-order valence-corrected chi connectivity index (χ2v) is 8.54. The molecule has 2 atom stereocenters. The second-order valence-electron chi connectivity index (χ2n) is 8.16. The minimum absolute atomic E-state index is 0.185. The number of thiocarbonyl (C=S) groups is 1. The summed E-state index contributed by atoms with van der Waals surface area (Å²) in [4.78, 5) is 18.4. The first-order valence-electron chi connectivity index (χ1n) is 11.1. The minimum Gasteiger partial charge on any atom is -0.497 e. The molecule has 7 nitrogen and oxygen atoms in total. The number of aromatic carboxylic acids is 1. The van der Waals surface area contributed by atoms with E-state index >= 15 is 0 Å². The van der Waals surface area contributed by atoms with E-state index in [1.807, 2.05) is 48.5 Å². The lowest BCUT2D eigenvalue weighted by atomic mass is 10.0. The number of rotatable bonds is 7. The summed E-state index contributed by atoms with van der Waals surface area (Å²) in [7, 11) is 1.64. The molecule has 1 aliphatic heterocycles. The highest BCUT2D eigenvalue weighted by atomic mass is 32.1. The van der Waals surface area contributed by atoms with Crippen LogP contribution in [0, 0.1) is 0 Å². The van der Waals surface area contributed by atoms with Crippen LogP contribution in [0.2, 0.25) is 0 Å². The van der Waals surface area contributed by atoms with Crippen LogP contribution in [0.25, 0.3) is 11.3 Å². The van der Waals surface area contributed by atoms with Crippen LogP contribution in [-0.2, 0) is 6.54 Å². The van der Waals surface area contributed by atoms with Gasteiger partial charge in [0.15, 0.2) is 5.11 Å². The molecule has 0 unspecified atom stereocenters. The summed E-state index contributed by atoms with van der Waals surface area (Å²) in [6.07, 6.45) is 1.75. The van der Waals surface area contributed by atoms with Crippen LogP contribution in [0.5, 0.6) is 5.75 Å². The van der Waals surface area contributed by atoms with Crippen molar-refractivity contribution in [1.82, 2.24) is 15.2 Å². The van der Waals surface area contributed by atoms with Gasteiger partial charge in [0.1, 0.15) is 23.3 Å². The van der Waals surface area contributed by atoms with Gasteiger partial charge in [-0.2, -0.15) is 0 Å². The lowest BCUT2D eigenvalue weighted by Gasteiger charge is -2.26. The molecule has 0 spiro atoms. The maximum atomic E-state index is 11.7. The minimum atomic E-state index is -1.00. The maximum Gasteiger partial charge on any atom is 0.336 e. The highest BCUT2D eigenvalue weighted by Crippen LogP contribution is 2.41. The predicted octanol–water partition coefficient (Wildman–Crippen LogP) is 5.22. The van der Waals surface area contributed by atoms with Gasteiger partial charge in [0.25, 0.3) is 0 Å². The van der Waals surface area contributed by atoms with Crippen molar-refractivity contribution in [2.75, 3.05) is 7.11 Å². The number of hydrogen-bond donors (Lipinski definition) is 2. The fourth-order valence-electron chi connectivity index (χ4n) is 4.35. The lowest BCUT2D eigenvalue weighted by molar-refractivity contribution is 0.0697. The van der Waals surface area contributed by atoms with Crippen molar-refractivity contribution in [3.05, 3.63) is 108 Å². The third-order valence-electron chi connectivity index (χ3n) is 6.05. The van der Waals surface area contributed by atoms with Crippen molar-refractivity contribution < 1.29 is 19.1 Å². The predicted molar refractivity (Wildman–Crippen MR) is 135 cm³/mol. The Balaban J connectivity index is 1.54. The number of pyridine rings is 1. The van der Waals surface area contributed by atoms with Gasteiger partial charge in [0, 0.05) is 18.3 Å². The van der Waals surface area contributed by atoms with Gasteiger partial charge in [-0.1, -0.05) is 36.4 Å². The highest BCUT2D eigenvalue weighted by molar-refractivity contribution is 7.80. The SMILES string of the molecule is COc1ccc(CN2C(=S)N[C@H](c3ccccn3)[C@H]2c2ccc(-c3ccccc3C(=O)O)o2)cc1. The normalized spacial score (nSPS) is 17.3. The first-order chi connectivity index (χ1) is 17.0. The van der Waals surface area contributed by atoms with E-state index in [1.165, 1.54) is 0 Å². The number of aromatic nitrogens is 1. The van der Waals surface area contributed by atoms with Gasteiger partial charge in [-0.15, -0.1) is 0 Å². The molecule has 2 aromatic heterocycles. The fraction of sp³-hybridized carbons (Fsp3) is 0.148. The molecule has 0 aliphatic carbocycles. The Morgan fingerprint density at radius 2 is 1.86 bits per heavy atom. The number of methoxy groups -OCH3 is 1. The van der Waals surface area contributed by atoms with Crippen LogP contribution < -0.4 is 10.1 Å². The van der Waals surface area contributed by atoms with Gasteiger partial charge in [-0.05, 0) is 60.2 Å². The van der Waals surface area contributed by atoms with Crippen LogP contribution in [0.3, 0.4) is 0 Å². The average Bonchev–Trinajstić information content (AvgIpc) is 3.50. The molecule has 0 amide bonds. The van der Waals surface area contributed by atoms with Gasteiger partial charge >= 0.3 is 5.97 Å². The zero-order valence-corrected chi connectivity index (χ0v) is 19.7. The molecule has 1 fully saturated rings. The van der Waals surface area contributed by atoms with E-state index in [0.717, 1.165) is 17.0 Å². The molecule has 2 N–H and O–H groups in total. The van der Waals surface area contributed by atoms with E-state index < -0.39 is 5.97 Å². The monoisotopic (exact) mass is 485 g/mol. The zero-order chi connectivity index (χ0) is 24.4. The van der Waals surface area contributed by atoms with Crippen molar-refractivity contribution in [3.8, 4) is 17.1 Å². The lowest BCUT2D eigenvalue weighted by Crippen LogP contribution is -2.29. The standard InChI is InChI=1S/C27H23N3O4S/c1-33-18-11-9-17(10-12-18)16-30-25(24(29-27(30)35)21-8-4-5-15-28-21)23-14-13-22(34-23)19-6-2-3-7-20(19)26(31)32/h2-15,24-25H,16H2,1H3,(H,29,35)(H,31,32)/t24-,25-/m1/s1. The quantitative estimate of drug-likeness (QED) is 0.345. The van der Waals surface area contributed by atoms with Crippen LogP contribution >= 0.6 is 12.2 Å². The van der Waals surface area contributed by atoms with Crippen LogP contribution in [0.1, 0.15) is 39.5 Å². The summed E-state index contributed by atoms with van der Waals surface area (Å²) in [5.41, 5.74) is 2.60. The molecule has 4 aromatic rings. The van der Waals surface area contributed by atoms with Crippen LogP contribution in [0.4, 0.5) is 0 Å². The number of benzene rings is 2. The largest absolute Gasteiger partial charge is 0.497 e. The Labute approximate surface area is 208 Å². The maximum absolute atomic E-state index is 11.7. The first kappa shape index (κ1) is 22.6. The zero-order valence-electron chi connectivity index (χ0n) is 18.9. The number of ether oxygens (including phenoxy) is 1.